The van der Waals surface area contributed by atoms with Gasteiger partial charge in [-0.1, -0.05) is 39.0 Å². The minimum Gasteiger partial charge on any atom is -0.256 e. The molecule has 15 heavy (non-hydrogen) atoms. The molecule has 0 amide bonds. The summed E-state index contributed by atoms with van der Waals surface area (Å²) >= 11 is 1.89. The van der Waals surface area contributed by atoms with E-state index in [1.165, 1.54) is 10.3 Å². The second-order valence-electron chi connectivity index (χ2n) is 4.54. The van der Waals surface area contributed by atoms with Crippen molar-refractivity contribution in [1.82, 2.24) is 4.98 Å². The average Bonchev–Trinajstić information content (AvgIpc) is 2.16. The lowest BCUT2D eigenvalue weighted by Crippen LogP contribution is -2.06. The van der Waals surface area contributed by atoms with E-state index >= 15 is 0 Å². The lowest BCUT2D eigenvalue weighted by molar-refractivity contribution is 0.803. The highest BCUT2D eigenvalue weighted by atomic mass is 32.2. The Morgan fingerprint density at radius 1 is 1.07 bits per heavy atom. The number of para-hydroxylation sites is 1. The molecule has 0 N–H and O–H groups in total. The van der Waals surface area contributed by atoms with E-state index < -0.39 is 0 Å². The van der Waals surface area contributed by atoms with Crippen LogP contribution in [0.1, 0.15) is 20.8 Å². The number of hydrogen-bond donors (Lipinski definition) is 0. The van der Waals surface area contributed by atoms with E-state index in [1.807, 2.05) is 24.0 Å². The standard InChI is InChI=1S/C13H15NS/c1-13(2,3)15-12-8-9-14-11-7-5-4-6-10(11)12/h4-9H,1-3H3. The molecule has 2 heteroatoms. The molecular formula is C13H15NS. The summed E-state index contributed by atoms with van der Waals surface area (Å²) in [4.78, 5) is 5.67. The Hall–Kier alpha value is -1.02. The number of fused-ring (bicyclic) bond motifs is 1. The number of nitrogens with zero attached hydrogens (tertiary/aromatic N) is 1. The first-order valence-corrected chi connectivity index (χ1v) is 5.91. The maximum atomic E-state index is 4.36. The maximum absolute atomic E-state index is 4.36. The van der Waals surface area contributed by atoms with Gasteiger partial charge in [0.15, 0.2) is 0 Å². The van der Waals surface area contributed by atoms with E-state index in [-0.39, 0.29) is 4.75 Å². The summed E-state index contributed by atoms with van der Waals surface area (Å²) in [6, 6.07) is 10.4. The molecule has 0 bridgehead atoms. The monoisotopic (exact) mass is 217 g/mol. The molecule has 0 unspecified atom stereocenters. The lowest BCUT2D eigenvalue weighted by Gasteiger charge is -2.18. The summed E-state index contributed by atoms with van der Waals surface area (Å²) in [6.45, 7) is 6.69. The summed E-state index contributed by atoms with van der Waals surface area (Å²) in [7, 11) is 0. The van der Waals surface area contributed by atoms with Gasteiger partial charge in [-0.25, -0.2) is 0 Å². The van der Waals surface area contributed by atoms with Gasteiger partial charge in [0.05, 0.1) is 5.52 Å². The average molecular weight is 217 g/mol. The quantitative estimate of drug-likeness (QED) is 0.666. The van der Waals surface area contributed by atoms with Crippen molar-refractivity contribution in [2.45, 2.75) is 30.4 Å². The summed E-state index contributed by atoms with van der Waals surface area (Å²) in [5, 5.41) is 1.25. The van der Waals surface area contributed by atoms with Crippen LogP contribution < -0.4 is 0 Å². The minimum atomic E-state index is 0.240. The molecule has 1 nitrogen and oxygen atoms in total. The molecule has 0 saturated heterocycles. The minimum absolute atomic E-state index is 0.240. The predicted molar refractivity (Wildman–Crippen MR) is 67.4 cm³/mol. The number of rotatable bonds is 1. The van der Waals surface area contributed by atoms with Crippen LogP contribution in [0.15, 0.2) is 41.4 Å². The van der Waals surface area contributed by atoms with Crippen LogP contribution in [-0.4, -0.2) is 9.73 Å². The largest absolute Gasteiger partial charge is 0.256 e. The smallest absolute Gasteiger partial charge is 0.0713 e. The van der Waals surface area contributed by atoms with Crippen LogP contribution in [0.3, 0.4) is 0 Å². The van der Waals surface area contributed by atoms with Gasteiger partial charge >= 0.3 is 0 Å². The van der Waals surface area contributed by atoms with Crippen molar-refractivity contribution in [3.8, 4) is 0 Å². The summed E-state index contributed by atoms with van der Waals surface area (Å²) in [6.07, 6.45) is 1.89. The zero-order chi connectivity index (χ0) is 10.9. The number of hydrogen-bond acceptors (Lipinski definition) is 2. The van der Waals surface area contributed by atoms with Gasteiger partial charge in [-0.05, 0) is 12.1 Å². The summed E-state index contributed by atoms with van der Waals surface area (Å²) in [5.74, 6) is 0. The Bertz CT molecular complexity index is 466. The van der Waals surface area contributed by atoms with Crippen molar-refractivity contribution in [3.05, 3.63) is 36.5 Å². The lowest BCUT2D eigenvalue weighted by atomic mass is 10.2. The molecule has 1 heterocycles. The fourth-order valence-corrected chi connectivity index (χ4v) is 2.56. The molecule has 0 atom stereocenters. The van der Waals surface area contributed by atoms with Gasteiger partial charge in [0.2, 0.25) is 0 Å². The highest BCUT2D eigenvalue weighted by molar-refractivity contribution is 8.00. The first kappa shape index (κ1) is 10.5. The zero-order valence-electron chi connectivity index (χ0n) is 9.32. The van der Waals surface area contributed by atoms with Crippen LogP contribution in [0, 0.1) is 0 Å². The molecular weight excluding hydrogens is 202 g/mol. The molecule has 78 valence electrons. The molecule has 1 aromatic heterocycles. The maximum Gasteiger partial charge on any atom is 0.0713 e. The van der Waals surface area contributed by atoms with Crippen molar-refractivity contribution in [2.24, 2.45) is 0 Å². The highest BCUT2D eigenvalue weighted by Gasteiger charge is 2.13. The second kappa shape index (κ2) is 3.86. The normalized spacial score (nSPS) is 11.9. The third kappa shape index (κ3) is 2.51. The van der Waals surface area contributed by atoms with Crippen LogP contribution in [0.5, 0.6) is 0 Å². The van der Waals surface area contributed by atoms with E-state index in [4.69, 9.17) is 0 Å². The van der Waals surface area contributed by atoms with Crippen molar-refractivity contribution in [3.63, 3.8) is 0 Å². The molecule has 2 aromatic rings. The number of benzene rings is 1. The van der Waals surface area contributed by atoms with E-state index in [9.17, 15) is 0 Å². The van der Waals surface area contributed by atoms with Gasteiger partial charge in [-0.2, -0.15) is 0 Å². The first-order valence-electron chi connectivity index (χ1n) is 5.09. The van der Waals surface area contributed by atoms with E-state index in [0.717, 1.165) is 5.52 Å². The third-order valence-electron chi connectivity index (χ3n) is 2.03. The number of pyridine rings is 1. The highest BCUT2D eigenvalue weighted by Crippen LogP contribution is 2.35. The third-order valence-corrected chi connectivity index (χ3v) is 3.21. The molecule has 1 aromatic carbocycles. The van der Waals surface area contributed by atoms with Crippen LogP contribution in [-0.2, 0) is 0 Å². The van der Waals surface area contributed by atoms with Gasteiger partial charge in [-0.15, -0.1) is 11.8 Å². The van der Waals surface area contributed by atoms with E-state index in [0.29, 0.717) is 0 Å². The molecule has 0 aliphatic carbocycles. The van der Waals surface area contributed by atoms with Crippen LogP contribution in [0.2, 0.25) is 0 Å². The molecule has 0 saturated carbocycles. The fraction of sp³-hybridized carbons (Fsp3) is 0.308. The van der Waals surface area contributed by atoms with E-state index in [2.05, 4.69) is 50.0 Å². The van der Waals surface area contributed by atoms with Gasteiger partial charge in [0.1, 0.15) is 0 Å². The van der Waals surface area contributed by atoms with E-state index in [1.54, 1.807) is 0 Å². The molecule has 0 spiro atoms. The zero-order valence-corrected chi connectivity index (χ0v) is 10.1. The van der Waals surface area contributed by atoms with Gasteiger partial charge < -0.3 is 0 Å². The summed E-state index contributed by atoms with van der Waals surface area (Å²) < 4.78 is 0.240. The molecule has 0 fully saturated rings. The van der Waals surface area contributed by atoms with Crippen molar-refractivity contribution >= 4 is 22.7 Å². The van der Waals surface area contributed by atoms with Crippen LogP contribution in [0.4, 0.5) is 0 Å². The van der Waals surface area contributed by atoms with Gasteiger partial charge in [0.25, 0.3) is 0 Å². The Morgan fingerprint density at radius 3 is 2.53 bits per heavy atom. The van der Waals surface area contributed by atoms with Crippen LogP contribution in [0.25, 0.3) is 10.9 Å². The molecule has 0 aliphatic heterocycles. The van der Waals surface area contributed by atoms with Crippen molar-refractivity contribution in [1.29, 1.82) is 0 Å². The Kier molecular flexibility index (Phi) is 2.70. The van der Waals surface area contributed by atoms with Crippen molar-refractivity contribution in [2.75, 3.05) is 0 Å². The topological polar surface area (TPSA) is 12.9 Å². The Labute approximate surface area is 94.9 Å². The van der Waals surface area contributed by atoms with Gasteiger partial charge in [0, 0.05) is 21.2 Å². The Morgan fingerprint density at radius 2 is 1.80 bits per heavy atom. The molecule has 2 rings (SSSR count). The second-order valence-corrected chi connectivity index (χ2v) is 6.41. The predicted octanol–water partition coefficient (Wildman–Crippen LogP) is 4.13. The first-order chi connectivity index (χ1) is 7.06. The molecule has 0 aliphatic rings. The molecule has 0 radical (unpaired) electrons. The Balaban J connectivity index is 2.52. The van der Waals surface area contributed by atoms with Gasteiger partial charge in [-0.3, -0.25) is 4.98 Å². The summed E-state index contributed by atoms with van der Waals surface area (Å²) in [5.41, 5.74) is 1.08. The number of thioether (sulfide) groups is 1. The fourth-order valence-electron chi connectivity index (χ4n) is 1.49. The SMILES string of the molecule is CC(C)(C)Sc1ccnc2ccccc12. The van der Waals surface area contributed by atoms with Crippen LogP contribution >= 0.6 is 11.8 Å². The number of aromatic nitrogens is 1. The van der Waals surface area contributed by atoms with Crippen molar-refractivity contribution < 1.29 is 0 Å².